The molecular weight excluding hydrogens is 242 g/mol. The van der Waals surface area contributed by atoms with Crippen LogP contribution in [0.3, 0.4) is 0 Å². The van der Waals surface area contributed by atoms with Crippen LogP contribution in [0.4, 0.5) is 5.82 Å². The normalized spacial score (nSPS) is 17.4. The first-order chi connectivity index (χ1) is 9.08. The van der Waals surface area contributed by atoms with Crippen LogP contribution in [0.25, 0.3) is 0 Å². The number of aromatic nitrogens is 1. The zero-order valence-corrected chi connectivity index (χ0v) is 11.2. The molecule has 0 spiro atoms. The Bertz CT molecular complexity index is 425. The summed E-state index contributed by atoms with van der Waals surface area (Å²) in [5, 5.41) is 9.48. The molecule has 0 aromatic carbocycles. The SMILES string of the molecule is CC(O)c1ccc(N(CC(N)=O)C2CCCC2)nc1. The summed E-state index contributed by atoms with van der Waals surface area (Å²) in [5.41, 5.74) is 6.10. The highest BCUT2D eigenvalue weighted by Crippen LogP contribution is 2.27. The van der Waals surface area contributed by atoms with Crippen molar-refractivity contribution in [1.29, 1.82) is 0 Å². The maximum absolute atomic E-state index is 11.2. The van der Waals surface area contributed by atoms with Gasteiger partial charge in [0.15, 0.2) is 0 Å². The summed E-state index contributed by atoms with van der Waals surface area (Å²) in [4.78, 5) is 17.6. The number of pyridine rings is 1. The Morgan fingerprint density at radius 2 is 2.21 bits per heavy atom. The van der Waals surface area contributed by atoms with Gasteiger partial charge in [-0.05, 0) is 31.4 Å². The topological polar surface area (TPSA) is 79.5 Å². The Balaban J connectivity index is 2.19. The minimum atomic E-state index is -0.530. The molecule has 5 heteroatoms. The Morgan fingerprint density at radius 3 is 2.68 bits per heavy atom. The fraction of sp³-hybridized carbons (Fsp3) is 0.571. The molecule has 0 saturated heterocycles. The number of nitrogens with two attached hydrogens (primary N) is 1. The number of rotatable bonds is 5. The van der Waals surface area contributed by atoms with Crippen LogP contribution < -0.4 is 10.6 Å². The van der Waals surface area contributed by atoms with E-state index in [9.17, 15) is 9.90 Å². The number of anilines is 1. The van der Waals surface area contributed by atoms with Gasteiger partial charge in [-0.25, -0.2) is 4.98 Å². The quantitative estimate of drug-likeness (QED) is 0.841. The summed E-state index contributed by atoms with van der Waals surface area (Å²) >= 11 is 0. The third-order valence-corrected chi connectivity index (χ3v) is 3.64. The number of carbonyl (C=O) groups excluding carboxylic acids is 1. The van der Waals surface area contributed by atoms with Gasteiger partial charge in [-0.1, -0.05) is 18.9 Å². The first kappa shape index (κ1) is 13.8. The van der Waals surface area contributed by atoms with E-state index >= 15 is 0 Å². The summed E-state index contributed by atoms with van der Waals surface area (Å²) in [6, 6.07) is 4.04. The number of hydrogen-bond acceptors (Lipinski definition) is 4. The smallest absolute Gasteiger partial charge is 0.237 e. The standard InChI is InChI=1S/C14H21N3O2/c1-10(18)11-6-7-14(16-8-11)17(9-13(15)19)12-4-2-3-5-12/h6-8,10,12,18H,2-5,9H2,1H3,(H2,15,19). The molecule has 0 radical (unpaired) electrons. The number of carbonyl (C=O) groups is 1. The first-order valence-electron chi connectivity index (χ1n) is 6.77. The number of aliphatic hydroxyl groups excluding tert-OH is 1. The molecule has 1 heterocycles. The Kier molecular flexibility index (Phi) is 4.37. The van der Waals surface area contributed by atoms with E-state index in [4.69, 9.17) is 5.73 Å². The van der Waals surface area contributed by atoms with E-state index in [1.54, 1.807) is 13.1 Å². The van der Waals surface area contributed by atoms with Crippen LogP contribution in [0.2, 0.25) is 0 Å². The maximum atomic E-state index is 11.2. The van der Waals surface area contributed by atoms with Crippen molar-refractivity contribution in [3.63, 3.8) is 0 Å². The minimum Gasteiger partial charge on any atom is -0.389 e. The van der Waals surface area contributed by atoms with Crippen molar-refractivity contribution >= 4 is 11.7 Å². The van der Waals surface area contributed by atoms with Gasteiger partial charge in [-0.2, -0.15) is 0 Å². The average Bonchev–Trinajstić information content (AvgIpc) is 2.89. The van der Waals surface area contributed by atoms with Crippen LogP contribution in [-0.2, 0) is 4.79 Å². The first-order valence-corrected chi connectivity index (χ1v) is 6.77. The van der Waals surface area contributed by atoms with Crippen molar-refractivity contribution in [2.45, 2.75) is 44.8 Å². The second-order valence-electron chi connectivity index (χ2n) is 5.16. The molecule has 1 aromatic rings. The summed E-state index contributed by atoms with van der Waals surface area (Å²) < 4.78 is 0. The molecule has 1 saturated carbocycles. The summed E-state index contributed by atoms with van der Waals surface area (Å²) in [6.45, 7) is 1.90. The van der Waals surface area contributed by atoms with Gasteiger partial charge in [0.05, 0.1) is 12.6 Å². The van der Waals surface area contributed by atoms with Crippen molar-refractivity contribution in [3.8, 4) is 0 Å². The molecule has 1 aliphatic carbocycles. The van der Waals surface area contributed by atoms with E-state index in [0.717, 1.165) is 24.2 Å². The van der Waals surface area contributed by atoms with Gasteiger partial charge < -0.3 is 15.7 Å². The number of hydrogen-bond donors (Lipinski definition) is 2. The van der Waals surface area contributed by atoms with Gasteiger partial charge in [0.2, 0.25) is 5.91 Å². The molecule has 19 heavy (non-hydrogen) atoms. The molecule has 104 valence electrons. The highest BCUT2D eigenvalue weighted by atomic mass is 16.3. The van der Waals surface area contributed by atoms with Gasteiger partial charge in [0.25, 0.3) is 0 Å². The molecule has 1 aliphatic rings. The van der Waals surface area contributed by atoms with E-state index in [0.29, 0.717) is 6.04 Å². The second kappa shape index (κ2) is 6.02. The maximum Gasteiger partial charge on any atom is 0.237 e. The van der Waals surface area contributed by atoms with E-state index in [1.807, 2.05) is 17.0 Å². The molecule has 1 fully saturated rings. The Morgan fingerprint density at radius 1 is 1.53 bits per heavy atom. The van der Waals surface area contributed by atoms with Crippen LogP contribution in [0, 0.1) is 0 Å². The fourth-order valence-electron chi connectivity index (χ4n) is 2.60. The van der Waals surface area contributed by atoms with Crippen LogP contribution in [-0.4, -0.2) is 28.6 Å². The Hall–Kier alpha value is -1.62. The summed E-state index contributed by atoms with van der Waals surface area (Å²) in [5.74, 6) is 0.420. The van der Waals surface area contributed by atoms with E-state index < -0.39 is 6.10 Å². The molecule has 5 nitrogen and oxygen atoms in total. The molecular formula is C14H21N3O2. The molecule has 0 bridgehead atoms. The monoisotopic (exact) mass is 263 g/mol. The minimum absolute atomic E-state index is 0.200. The van der Waals surface area contributed by atoms with Crippen molar-refractivity contribution in [2.24, 2.45) is 5.73 Å². The molecule has 1 atom stereocenters. The Labute approximate surface area is 113 Å². The largest absolute Gasteiger partial charge is 0.389 e. The molecule has 1 amide bonds. The molecule has 1 unspecified atom stereocenters. The van der Waals surface area contributed by atoms with Gasteiger partial charge >= 0.3 is 0 Å². The number of amides is 1. The average molecular weight is 263 g/mol. The summed E-state index contributed by atoms with van der Waals surface area (Å²) in [7, 11) is 0. The lowest BCUT2D eigenvalue weighted by Gasteiger charge is -2.29. The number of aliphatic hydroxyl groups is 1. The zero-order chi connectivity index (χ0) is 13.8. The lowest BCUT2D eigenvalue weighted by atomic mass is 10.1. The van der Waals surface area contributed by atoms with E-state index in [-0.39, 0.29) is 12.5 Å². The molecule has 3 N–H and O–H groups in total. The third kappa shape index (κ3) is 3.44. The lowest BCUT2D eigenvalue weighted by Crippen LogP contribution is -2.40. The molecule has 1 aromatic heterocycles. The van der Waals surface area contributed by atoms with Crippen molar-refractivity contribution in [1.82, 2.24) is 4.98 Å². The predicted octanol–water partition coefficient (Wildman–Crippen LogP) is 1.37. The van der Waals surface area contributed by atoms with Crippen molar-refractivity contribution in [3.05, 3.63) is 23.9 Å². The van der Waals surface area contributed by atoms with E-state index in [1.165, 1.54) is 12.8 Å². The van der Waals surface area contributed by atoms with E-state index in [2.05, 4.69) is 4.98 Å². The van der Waals surface area contributed by atoms with Crippen molar-refractivity contribution in [2.75, 3.05) is 11.4 Å². The summed E-state index contributed by atoms with van der Waals surface area (Å²) in [6.07, 6.45) is 5.65. The highest BCUT2D eigenvalue weighted by Gasteiger charge is 2.24. The number of nitrogens with zero attached hydrogens (tertiary/aromatic N) is 2. The lowest BCUT2D eigenvalue weighted by molar-refractivity contribution is -0.116. The van der Waals surface area contributed by atoms with Gasteiger partial charge in [-0.15, -0.1) is 0 Å². The van der Waals surface area contributed by atoms with Gasteiger partial charge in [-0.3, -0.25) is 4.79 Å². The number of primary amides is 1. The van der Waals surface area contributed by atoms with Crippen LogP contribution in [0.1, 0.15) is 44.3 Å². The van der Waals surface area contributed by atoms with Gasteiger partial charge in [0, 0.05) is 12.2 Å². The zero-order valence-electron chi connectivity index (χ0n) is 11.2. The van der Waals surface area contributed by atoms with Crippen LogP contribution in [0.5, 0.6) is 0 Å². The van der Waals surface area contributed by atoms with Crippen LogP contribution >= 0.6 is 0 Å². The van der Waals surface area contributed by atoms with Gasteiger partial charge in [0.1, 0.15) is 5.82 Å². The third-order valence-electron chi connectivity index (χ3n) is 3.64. The fourth-order valence-corrected chi connectivity index (χ4v) is 2.60. The second-order valence-corrected chi connectivity index (χ2v) is 5.16. The molecule has 2 rings (SSSR count). The predicted molar refractivity (Wildman–Crippen MR) is 73.7 cm³/mol. The van der Waals surface area contributed by atoms with Crippen LogP contribution in [0.15, 0.2) is 18.3 Å². The highest BCUT2D eigenvalue weighted by molar-refractivity contribution is 5.79. The molecule has 0 aliphatic heterocycles. The van der Waals surface area contributed by atoms with Crippen molar-refractivity contribution < 1.29 is 9.90 Å².